The molecule has 1 aliphatic heterocycles. The van der Waals surface area contributed by atoms with E-state index in [0.717, 1.165) is 6.26 Å². The maximum absolute atomic E-state index is 12.9. The van der Waals surface area contributed by atoms with Crippen LogP contribution >= 0.6 is 0 Å². The molecule has 0 fully saturated rings. The standard InChI is InChI=1S/C18H18F3N3O5S/c1-30(27,28)7-6-24(17(26)18(19,20)21)9-12-3-5-15(29-12)11-2-4-14-13(8-11)16(25)23-10-22-14/h2,4-5,8,10,12H,3,6-7,9H2,1H3,(H,22,23,25). The summed E-state index contributed by atoms with van der Waals surface area (Å²) in [6, 6.07) is 4.83. The van der Waals surface area contributed by atoms with Gasteiger partial charge < -0.3 is 14.6 Å². The van der Waals surface area contributed by atoms with E-state index in [1.165, 1.54) is 6.33 Å². The Balaban J connectivity index is 1.74. The van der Waals surface area contributed by atoms with Crippen molar-refractivity contribution in [3.8, 4) is 0 Å². The van der Waals surface area contributed by atoms with Gasteiger partial charge in [0, 0.05) is 24.8 Å². The van der Waals surface area contributed by atoms with Crippen molar-refractivity contribution in [3.05, 3.63) is 46.5 Å². The molecule has 12 heteroatoms. The van der Waals surface area contributed by atoms with Crippen molar-refractivity contribution >= 4 is 32.4 Å². The molecule has 0 saturated heterocycles. The van der Waals surface area contributed by atoms with Crippen LogP contribution in [0.25, 0.3) is 16.7 Å². The topological polar surface area (TPSA) is 109 Å². The number of halogens is 3. The smallest absolute Gasteiger partial charge is 0.471 e. The number of aromatic amines is 1. The lowest BCUT2D eigenvalue weighted by Gasteiger charge is -2.26. The molecule has 1 aromatic heterocycles. The number of carbonyl (C=O) groups is 1. The first-order valence-electron chi connectivity index (χ1n) is 8.82. The number of carbonyl (C=O) groups excluding carboxylic acids is 1. The molecule has 3 rings (SSSR count). The van der Waals surface area contributed by atoms with Crippen LogP contribution in [0.1, 0.15) is 12.0 Å². The van der Waals surface area contributed by atoms with Crippen LogP contribution in [0.15, 0.2) is 35.4 Å². The molecule has 0 spiro atoms. The highest BCUT2D eigenvalue weighted by Crippen LogP contribution is 2.29. The maximum atomic E-state index is 12.9. The minimum atomic E-state index is -5.13. The molecular formula is C18H18F3N3O5S. The molecule has 1 aromatic carbocycles. The first-order valence-corrected chi connectivity index (χ1v) is 10.9. The van der Waals surface area contributed by atoms with E-state index in [0.29, 0.717) is 27.1 Å². The number of rotatable bonds is 6. The zero-order valence-corrected chi connectivity index (χ0v) is 16.6. The lowest BCUT2D eigenvalue weighted by atomic mass is 10.1. The molecule has 1 N–H and O–H groups in total. The second-order valence-corrected chi connectivity index (χ2v) is 9.15. The van der Waals surface area contributed by atoms with Crippen LogP contribution in [-0.4, -0.2) is 66.6 Å². The van der Waals surface area contributed by atoms with E-state index in [1.807, 2.05) is 0 Å². The van der Waals surface area contributed by atoms with Gasteiger partial charge in [0.2, 0.25) is 0 Å². The number of ether oxygens (including phenoxy) is 1. The van der Waals surface area contributed by atoms with Gasteiger partial charge in [-0.15, -0.1) is 0 Å². The van der Waals surface area contributed by atoms with Gasteiger partial charge in [-0.05, 0) is 24.3 Å². The number of alkyl halides is 3. The number of sulfone groups is 1. The number of hydrogen-bond donors (Lipinski definition) is 1. The minimum Gasteiger partial charge on any atom is -0.488 e. The SMILES string of the molecule is CS(=O)(=O)CCN(CC1CC=C(c2ccc3nc[nH]c(=O)c3c2)O1)C(=O)C(F)(F)F. The predicted octanol–water partition coefficient (Wildman–Crippen LogP) is 1.49. The molecule has 1 unspecified atom stereocenters. The molecule has 0 aliphatic carbocycles. The molecule has 30 heavy (non-hydrogen) atoms. The van der Waals surface area contributed by atoms with Crippen LogP contribution < -0.4 is 5.56 Å². The van der Waals surface area contributed by atoms with Gasteiger partial charge in [0.25, 0.3) is 5.56 Å². The third-order valence-corrected chi connectivity index (χ3v) is 5.39. The normalized spacial score (nSPS) is 16.9. The van der Waals surface area contributed by atoms with Crippen LogP contribution in [0.5, 0.6) is 0 Å². The Kier molecular flexibility index (Phi) is 5.88. The number of H-pyrrole nitrogens is 1. The molecule has 162 valence electrons. The Bertz CT molecular complexity index is 1160. The molecule has 0 saturated carbocycles. The first kappa shape index (κ1) is 21.8. The van der Waals surface area contributed by atoms with E-state index in [9.17, 15) is 31.2 Å². The number of nitrogens with zero attached hydrogens (tertiary/aromatic N) is 2. The Hall–Kier alpha value is -2.89. The van der Waals surface area contributed by atoms with Gasteiger partial charge in [0.15, 0.2) is 0 Å². The van der Waals surface area contributed by atoms with E-state index in [4.69, 9.17) is 4.74 Å². The fourth-order valence-electron chi connectivity index (χ4n) is 3.01. The summed E-state index contributed by atoms with van der Waals surface area (Å²) in [7, 11) is -3.56. The molecule has 0 bridgehead atoms. The minimum absolute atomic E-state index is 0.220. The van der Waals surface area contributed by atoms with Crippen molar-refractivity contribution in [2.75, 3.05) is 25.1 Å². The van der Waals surface area contributed by atoms with Crippen LogP contribution in [0.2, 0.25) is 0 Å². The Labute approximate surface area is 169 Å². The predicted molar refractivity (Wildman–Crippen MR) is 102 cm³/mol. The summed E-state index contributed by atoms with van der Waals surface area (Å²) in [4.78, 5) is 30.5. The van der Waals surface area contributed by atoms with Gasteiger partial charge in [-0.3, -0.25) is 9.59 Å². The van der Waals surface area contributed by atoms with Crippen molar-refractivity contribution < 1.29 is 31.1 Å². The summed E-state index contributed by atoms with van der Waals surface area (Å²) in [6.07, 6.45) is -1.90. The number of aromatic nitrogens is 2. The summed E-state index contributed by atoms with van der Waals surface area (Å²) in [5.41, 5.74) is 0.661. The summed E-state index contributed by atoms with van der Waals surface area (Å²) in [5, 5.41) is 0.324. The third kappa shape index (κ3) is 5.17. The van der Waals surface area contributed by atoms with Crippen molar-refractivity contribution in [1.29, 1.82) is 0 Å². The van der Waals surface area contributed by atoms with E-state index < -0.39 is 46.9 Å². The average Bonchev–Trinajstić information content (AvgIpc) is 3.12. The maximum Gasteiger partial charge on any atom is 0.471 e. The molecule has 1 atom stereocenters. The van der Waals surface area contributed by atoms with Gasteiger partial charge in [-0.25, -0.2) is 13.4 Å². The zero-order valence-electron chi connectivity index (χ0n) is 15.8. The van der Waals surface area contributed by atoms with Gasteiger partial charge in [-0.2, -0.15) is 13.2 Å². The summed E-state index contributed by atoms with van der Waals surface area (Å²) >= 11 is 0. The Morgan fingerprint density at radius 1 is 1.37 bits per heavy atom. The molecular weight excluding hydrogens is 427 g/mol. The van der Waals surface area contributed by atoms with E-state index in [2.05, 4.69) is 9.97 Å². The van der Waals surface area contributed by atoms with Gasteiger partial charge in [-0.1, -0.05) is 0 Å². The fraction of sp³-hybridized carbons (Fsp3) is 0.389. The van der Waals surface area contributed by atoms with Crippen molar-refractivity contribution in [3.63, 3.8) is 0 Å². The molecule has 2 aromatic rings. The van der Waals surface area contributed by atoms with Gasteiger partial charge in [0.1, 0.15) is 21.7 Å². The highest BCUT2D eigenvalue weighted by atomic mass is 32.2. The number of benzene rings is 1. The molecule has 1 aliphatic rings. The van der Waals surface area contributed by atoms with Crippen LogP contribution in [0, 0.1) is 0 Å². The average molecular weight is 445 g/mol. The largest absolute Gasteiger partial charge is 0.488 e. The highest BCUT2D eigenvalue weighted by Gasteiger charge is 2.43. The molecule has 1 amide bonds. The highest BCUT2D eigenvalue weighted by molar-refractivity contribution is 7.90. The Morgan fingerprint density at radius 3 is 2.77 bits per heavy atom. The summed E-state index contributed by atoms with van der Waals surface area (Å²) in [5.74, 6) is -2.36. The Morgan fingerprint density at radius 2 is 2.10 bits per heavy atom. The first-order chi connectivity index (χ1) is 13.9. The molecule has 2 heterocycles. The second-order valence-electron chi connectivity index (χ2n) is 6.89. The van der Waals surface area contributed by atoms with Crippen molar-refractivity contribution in [1.82, 2.24) is 14.9 Å². The third-order valence-electron chi connectivity index (χ3n) is 4.47. The number of hydrogen-bond acceptors (Lipinski definition) is 6. The summed E-state index contributed by atoms with van der Waals surface area (Å²) < 4.78 is 67.0. The van der Waals surface area contributed by atoms with Crippen LogP contribution in [0.3, 0.4) is 0 Å². The monoisotopic (exact) mass is 445 g/mol. The van der Waals surface area contributed by atoms with E-state index in [-0.39, 0.29) is 12.0 Å². The lowest BCUT2D eigenvalue weighted by molar-refractivity contribution is -0.186. The summed E-state index contributed by atoms with van der Waals surface area (Å²) in [6.45, 7) is -1.02. The molecule has 8 nitrogen and oxygen atoms in total. The van der Waals surface area contributed by atoms with E-state index >= 15 is 0 Å². The van der Waals surface area contributed by atoms with Crippen LogP contribution in [-0.2, 0) is 19.4 Å². The number of fused-ring (bicyclic) bond motifs is 1. The second kappa shape index (κ2) is 8.09. The van der Waals surface area contributed by atoms with E-state index in [1.54, 1.807) is 24.3 Å². The molecule has 0 radical (unpaired) electrons. The van der Waals surface area contributed by atoms with Crippen molar-refractivity contribution in [2.45, 2.75) is 18.7 Å². The van der Waals surface area contributed by atoms with Crippen molar-refractivity contribution in [2.24, 2.45) is 0 Å². The number of nitrogens with one attached hydrogen (secondary N) is 1. The van der Waals surface area contributed by atoms with Gasteiger partial charge >= 0.3 is 12.1 Å². The number of amides is 1. The lowest BCUT2D eigenvalue weighted by Crippen LogP contribution is -2.46. The fourth-order valence-corrected chi connectivity index (χ4v) is 3.56. The van der Waals surface area contributed by atoms with Crippen LogP contribution in [0.4, 0.5) is 13.2 Å². The van der Waals surface area contributed by atoms with Gasteiger partial charge in [0.05, 0.1) is 29.5 Å². The quantitative estimate of drug-likeness (QED) is 0.722. The zero-order chi connectivity index (χ0) is 22.1.